The van der Waals surface area contributed by atoms with Gasteiger partial charge in [0.2, 0.25) is 15.9 Å². The minimum absolute atomic E-state index is 0.0442. The van der Waals surface area contributed by atoms with E-state index in [0.29, 0.717) is 17.1 Å². The lowest BCUT2D eigenvalue weighted by atomic mass is 10.0. The number of nitrogens with one attached hydrogen (secondary N) is 2. The lowest BCUT2D eigenvalue weighted by Gasteiger charge is -2.17. The highest BCUT2D eigenvalue weighted by Gasteiger charge is 2.19. The van der Waals surface area contributed by atoms with Gasteiger partial charge in [-0.15, -0.1) is 0 Å². The number of halogens is 1. The standard InChI is InChI=1S/C12H17ClN2O3S/c1-3-14-12(16)8-11(15-19(2,17)18)9-4-6-10(13)7-5-9/h4-7,11,15H,3,8H2,1-2H3,(H,14,16)/t11-/m1/s1. The van der Waals surface area contributed by atoms with Gasteiger partial charge in [0.1, 0.15) is 0 Å². The van der Waals surface area contributed by atoms with Gasteiger partial charge in [-0.25, -0.2) is 13.1 Å². The van der Waals surface area contributed by atoms with Crippen LogP contribution in [0, 0.1) is 0 Å². The molecule has 7 heteroatoms. The molecule has 19 heavy (non-hydrogen) atoms. The Morgan fingerprint density at radius 1 is 1.32 bits per heavy atom. The van der Waals surface area contributed by atoms with Gasteiger partial charge >= 0.3 is 0 Å². The van der Waals surface area contributed by atoms with E-state index >= 15 is 0 Å². The number of rotatable bonds is 6. The average molecular weight is 305 g/mol. The van der Waals surface area contributed by atoms with E-state index in [1.54, 1.807) is 31.2 Å². The quantitative estimate of drug-likeness (QED) is 0.835. The number of benzene rings is 1. The molecule has 0 bridgehead atoms. The smallest absolute Gasteiger partial charge is 0.221 e. The van der Waals surface area contributed by atoms with Crippen LogP contribution in [0.4, 0.5) is 0 Å². The highest BCUT2D eigenvalue weighted by Crippen LogP contribution is 2.20. The number of carbonyl (C=O) groups excluding carboxylic acids is 1. The van der Waals surface area contributed by atoms with Gasteiger partial charge in [-0.05, 0) is 24.6 Å². The van der Waals surface area contributed by atoms with Crippen molar-refractivity contribution in [2.45, 2.75) is 19.4 Å². The van der Waals surface area contributed by atoms with Crippen molar-refractivity contribution in [1.29, 1.82) is 0 Å². The van der Waals surface area contributed by atoms with E-state index in [4.69, 9.17) is 11.6 Å². The van der Waals surface area contributed by atoms with E-state index in [1.807, 2.05) is 0 Å². The summed E-state index contributed by atoms with van der Waals surface area (Å²) in [5.74, 6) is -0.210. The van der Waals surface area contributed by atoms with Crippen molar-refractivity contribution in [1.82, 2.24) is 10.0 Å². The predicted molar refractivity (Wildman–Crippen MR) is 75.5 cm³/mol. The molecule has 0 fully saturated rings. The zero-order chi connectivity index (χ0) is 14.5. The molecule has 1 aromatic rings. The lowest BCUT2D eigenvalue weighted by molar-refractivity contribution is -0.121. The van der Waals surface area contributed by atoms with Crippen molar-refractivity contribution in [3.05, 3.63) is 34.9 Å². The number of amides is 1. The fraction of sp³-hybridized carbons (Fsp3) is 0.417. The van der Waals surface area contributed by atoms with E-state index in [1.165, 1.54) is 0 Å². The zero-order valence-corrected chi connectivity index (χ0v) is 12.4. The van der Waals surface area contributed by atoms with E-state index in [9.17, 15) is 13.2 Å². The third-order valence-electron chi connectivity index (χ3n) is 2.39. The Morgan fingerprint density at radius 2 is 1.89 bits per heavy atom. The van der Waals surface area contributed by atoms with Crippen LogP contribution < -0.4 is 10.0 Å². The third-order valence-corrected chi connectivity index (χ3v) is 3.36. The van der Waals surface area contributed by atoms with Crippen LogP contribution in [-0.2, 0) is 14.8 Å². The fourth-order valence-corrected chi connectivity index (χ4v) is 2.50. The van der Waals surface area contributed by atoms with Crippen LogP contribution in [0.25, 0.3) is 0 Å². The van der Waals surface area contributed by atoms with Gasteiger partial charge in [0.15, 0.2) is 0 Å². The van der Waals surface area contributed by atoms with Crippen molar-refractivity contribution in [3.63, 3.8) is 0 Å². The maximum Gasteiger partial charge on any atom is 0.221 e. The van der Waals surface area contributed by atoms with E-state index in [0.717, 1.165) is 6.26 Å². The van der Waals surface area contributed by atoms with Crippen molar-refractivity contribution >= 4 is 27.5 Å². The minimum Gasteiger partial charge on any atom is -0.356 e. The summed E-state index contributed by atoms with van der Waals surface area (Å²) in [4.78, 5) is 11.6. The Labute approximate surface area is 118 Å². The fourth-order valence-electron chi connectivity index (χ4n) is 1.64. The number of carbonyl (C=O) groups is 1. The number of hydrogen-bond donors (Lipinski definition) is 2. The molecule has 0 unspecified atom stereocenters. The van der Waals surface area contributed by atoms with Crippen LogP contribution in [0.3, 0.4) is 0 Å². The van der Waals surface area contributed by atoms with E-state index in [2.05, 4.69) is 10.0 Å². The van der Waals surface area contributed by atoms with Gasteiger partial charge in [0.05, 0.1) is 12.3 Å². The predicted octanol–water partition coefficient (Wildman–Crippen LogP) is 1.46. The maximum absolute atomic E-state index is 11.6. The summed E-state index contributed by atoms with van der Waals surface area (Å²) >= 11 is 5.79. The van der Waals surface area contributed by atoms with E-state index in [-0.39, 0.29) is 12.3 Å². The number of hydrogen-bond acceptors (Lipinski definition) is 3. The molecule has 1 atom stereocenters. The van der Waals surface area contributed by atoms with Crippen LogP contribution in [0.1, 0.15) is 24.9 Å². The minimum atomic E-state index is -3.41. The Hall–Kier alpha value is -1.11. The Bertz CT molecular complexity index is 528. The van der Waals surface area contributed by atoms with Crippen molar-refractivity contribution in [2.75, 3.05) is 12.8 Å². The molecular formula is C12H17ClN2O3S. The summed E-state index contributed by atoms with van der Waals surface area (Å²) in [5, 5.41) is 3.20. The molecule has 0 saturated heterocycles. The summed E-state index contributed by atoms with van der Waals surface area (Å²) in [6, 6.07) is 6.12. The third kappa shape index (κ3) is 6.04. The van der Waals surface area contributed by atoms with Gasteiger partial charge < -0.3 is 5.32 Å². The van der Waals surface area contributed by atoms with Crippen molar-refractivity contribution in [3.8, 4) is 0 Å². The molecule has 0 radical (unpaired) electrons. The molecule has 2 N–H and O–H groups in total. The molecule has 106 valence electrons. The molecule has 0 spiro atoms. The largest absolute Gasteiger partial charge is 0.356 e. The maximum atomic E-state index is 11.6. The second-order valence-corrected chi connectivity index (χ2v) is 6.37. The first-order valence-corrected chi connectivity index (χ1v) is 8.08. The van der Waals surface area contributed by atoms with Gasteiger partial charge in [-0.3, -0.25) is 4.79 Å². The van der Waals surface area contributed by atoms with Gasteiger partial charge in [0.25, 0.3) is 0 Å². The number of sulfonamides is 1. The highest BCUT2D eigenvalue weighted by molar-refractivity contribution is 7.88. The second-order valence-electron chi connectivity index (χ2n) is 4.15. The molecule has 0 aliphatic rings. The SMILES string of the molecule is CCNC(=O)C[C@@H](NS(C)(=O)=O)c1ccc(Cl)cc1. The van der Waals surface area contributed by atoms with Gasteiger partial charge in [0, 0.05) is 18.0 Å². The lowest BCUT2D eigenvalue weighted by Crippen LogP contribution is -2.33. The molecule has 0 aromatic heterocycles. The normalized spacial score (nSPS) is 13.0. The monoisotopic (exact) mass is 304 g/mol. The van der Waals surface area contributed by atoms with Crippen molar-refractivity contribution in [2.24, 2.45) is 0 Å². The molecule has 1 rings (SSSR count). The first-order valence-electron chi connectivity index (χ1n) is 5.81. The van der Waals surface area contributed by atoms with Gasteiger partial charge in [-0.1, -0.05) is 23.7 Å². The van der Waals surface area contributed by atoms with E-state index < -0.39 is 16.1 Å². The van der Waals surface area contributed by atoms with Crippen molar-refractivity contribution < 1.29 is 13.2 Å². The topological polar surface area (TPSA) is 75.3 Å². The first kappa shape index (κ1) is 15.9. The molecule has 1 amide bonds. The van der Waals surface area contributed by atoms with Crippen LogP contribution in [0.15, 0.2) is 24.3 Å². The summed E-state index contributed by atoms with van der Waals surface area (Å²) in [5.41, 5.74) is 0.695. The average Bonchev–Trinajstić information content (AvgIpc) is 2.27. The Kier molecular flexibility index (Phi) is 5.78. The highest BCUT2D eigenvalue weighted by atomic mass is 35.5. The summed E-state index contributed by atoms with van der Waals surface area (Å²) < 4.78 is 25.2. The molecule has 0 aliphatic heterocycles. The molecule has 0 heterocycles. The summed E-state index contributed by atoms with van der Waals surface area (Å²) in [6.45, 7) is 2.31. The molecular weight excluding hydrogens is 288 g/mol. The molecule has 0 aliphatic carbocycles. The van der Waals surface area contributed by atoms with Gasteiger partial charge in [-0.2, -0.15) is 0 Å². The Balaban J connectivity index is 2.91. The Morgan fingerprint density at radius 3 is 2.37 bits per heavy atom. The second kappa shape index (κ2) is 6.88. The van der Waals surface area contributed by atoms with Crippen LogP contribution in [0.5, 0.6) is 0 Å². The van der Waals surface area contributed by atoms with Crippen LogP contribution in [0.2, 0.25) is 5.02 Å². The molecule has 0 saturated carbocycles. The summed E-state index contributed by atoms with van der Waals surface area (Å²) in [6.07, 6.45) is 1.11. The summed E-state index contributed by atoms with van der Waals surface area (Å²) in [7, 11) is -3.41. The zero-order valence-electron chi connectivity index (χ0n) is 10.8. The van der Waals surface area contributed by atoms with Crippen LogP contribution in [-0.4, -0.2) is 27.1 Å². The first-order chi connectivity index (χ1) is 8.81. The molecule has 1 aromatic carbocycles. The molecule has 5 nitrogen and oxygen atoms in total. The van der Waals surface area contributed by atoms with Crippen LogP contribution >= 0.6 is 11.6 Å².